The van der Waals surface area contributed by atoms with Crippen LogP contribution in [0.3, 0.4) is 0 Å². The molecule has 1 aliphatic heterocycles. The quantitative estimate of drug-likeness (QED) is 0.435. The number of hydrogen-bond acceptors (Lipinski definition) is 5. The Bertz CT molecular complexity index is 1270. The summed E-state index contributed by atoms with van der Waals surface area (Å²) >= 11 is 0. The number of para-hydroxylation sites is 1. The van der Waals surface area contributed by atoms with Crippen molar-refractivity contribution in [3.8, 4) is 17.2 Å². The number of aryl methyl sites for hydroxylation is 1. The van der Waals surface area contributed by atoms with Crippen molar-refractivity contribution in [2.24, 2.45) is 0 Å². The summed E-state index contributed by atoms with van der Waals surface area (Å²) in [6.45, 7) is 1.92. The lowest BCUT2D eigenvalue weighted by molar-refractivity contribution is -0.0406. The van der Waals surface area contributed by atoms with Gasteiger partial charge in [0.05, 0.1) is 33.0 Å². The van der Waals surface area contributed by atoms with E-state index in [0.717, 1.165) is 47.5 Å². The monoisotopic (exact) mass is 487 g/mol. The van der Waals surface area contributed by atoms with E-state index in [0.29, 0.717) is 17.0 Å². The fraction of sp³-hybridized carbons (Fsp3) is 0.367. The average molecular weight is 488 g/mol. The van der Waals surface area contributed by atoms with Gasteiger partial charge in [0, 0.05) is 22.7 Å². The molecule has 3 aromatic rings. The first-order valence-corrected chi connectivity index (χ1v) is 12.5. The Labute approximate surface area is 212 Å². The molecule has 0 radical (unpaired) electrons. The summed E-state index contributed by atoms with van der Waals surface area (Å²) in [6, 6.07) is 17.4. The Morgan fingerprint density at radius 1 is 0.889 bits per heavy atom. The highest BCUT2D eigenvalue weighted by atomic mass is 16.5. The standard InChI is InChI=1S/C30H33NO5/c1-18-9-7-13-22(28(18)35-4)30(32)31-20-11-8-10-19(17-20)29-27-25(34-3)16-15-24(33-2)26(27)21-12-5-6-14-23(21)36-29/h7-11,13,15-17,21,23,29H,5-6,12,14H2,1-4H3,(H,31,32)/t21-,23+,29+/m1/s1. The zero-order chi connectivity index (χ0) is 25.2. The molecule has 2 aliphatic rings. The first-order valence-electron chi connectivity index (χ1n) is 12.5. The first kappa shape index (κ1) is 24.2. The third-order valence-electron chi connectivity index (χ3n) is 7.40. The minimum Gasteiger partial charge on any atom is -0.496 e. The summed E-state index contributed by atoms with van der Waals surface area (Å²) in [6.07, 6.45) is 4.22. The third kappa shape index (κ3) is 4.30. The number of carbonyl (C=O) groups is 1. The van der Waals surface area contributed by atoms with Crippen LogP contribution in [0, 0.1) is 6.92 Å². The summed E-state index contributed by atoms with van der Waals surface area (Å²) in [5.41, 5.74) is 5.27. The van der Waals surface area contributed by atoms with Crippen molar-refractivity contribution >= 4 is 11.6 Å². The second-order valence-corrected chi connectivity index (χ2v) is 9.48. The van der Waals surface area contributed by atoms with Gasteiger partial charge in [-0.3, -0.25) is 4.79 Å². The largest absolute Gasteiger partial charge is 0.496 e. The van der Waals surface area contributed by atoms with Crippen LogP contribution in [-0.4, -0.2) is 33.3 Å². The van der Waals surface area contributed by atoms with Crippen LogP contribution in [0.4, 0.5) is 5.69 Å². The molecule has 6 heteroatoms. The van der Waals surface area contributed by atoms with E-state index in [-0.39, 0.29) is 24.0 Å². The number of nitrogens with one attached hydrogen (secondary N) is 1. The number of ether oxygens (including phenoxy) is 4. The maximum atomic E-state index is 13.1. The van der Waals surface area contributed by atoms with E-state index in [9.17, 15) is 4.79 Å². The van der Waals surface area contributed by atoms with Crippen molar-refractivity contribution in [1.29, 1.82) is 0 Å². The Balaban J connectivity index is 1.53. The number of methoxy groups -OCH3 is 3. The molecule has 0 unspecified atom stereocenters. The molecular weight excluding hydrogens is 454 g/mol. The van der Waals surface area contributed by atoms with Gasteiger partial charge in [0.1, 0.15) is 23.4 Å². The second kappa shape index (κ2) is 10.2. The third-order valence-corrected chi connectivity index (χ3v) is 7.40. The van der Waals surface area contributed by atoms with Crippen LogP contribution in [0.1, 0.15) is 70.3 Å². The second-order valence-electron chi connectivity index (χ2n) is 9.48. The molecule has 0 saturated heterocycles. The highest BCUT2D eigenvalue weighted by Crippen LogP contribution is 2.53. The van der Waals surface area contributed by atoms with Gasteiger partial charge >= 0.3 is 0 Å². The minimum absolute atomic E-state index is 0.118. The fourth-order valence-electron chi connectivity index (χ4n) is 5.76. The van der Waals surface area contributed by atoms with Crippen molar-refractivity contribution in [2.45, 2.75) is 50.7 Å². The summed E-state index contributed by atoms with van der Waals surface area (Å²) in [5.74, 6) is 2.32. The van der Waals surface area contributed by atoms with E-state index >= 15 is 0 Å². The predicted molar refractivity (Wildman–Crippen MR) is 140 cm³/mol. The van der Waals surface area contributed by atoms with Crippen LogP contribution in [-0.2, 0) is 4.74 Å². The lowest BCUT2D eigenvalue weighted by Gasteiger charge is -2.42. The highest BCUT2D eigenvalue weighted by Gasteiger charge is 2.41. The molecule has 6 nitrogen and oxygen atoms in total. The number of rotatable bonds is 6. The van der Waals surface area contributed by atoms with Gasteiger partial charge in [0.25, 0.3) is 5.91 Å². The number of benzene rings is 3. The topological polar surface area (TPSA) is 66.0 Å². The lowest BCUT2D eigenvalue weighted by atomic mass is 9.75. The van der Waals surface area contributed by atoms with Gasteiger partial charge in [-0.1, -0.05) is 37.1 Å². The van der Waals surface area contributed by atoms with E-state index in [1.807, 2.05) is 55.5 Å². The zero-order valence-corrected chi connectivity index (χ0v) is 21.3. The molecule has 36 heavy (non-hydrogen) atoms. The molecule has 0 spiro atoms. The molecule has 1 amide bonds. The molecular formula is C30H33NO5. The van der Waals surface area contributed by atoms with E-state index in [1.165, 1.54) is 12.0 Å². The number of carbonyl (C=O) groups excluding carboxylic acids is 1. The molecule has 3 aromatic carbocycles. The van der Waals surface area contributed by atoms with Crippen molar-refractivity contribution in [3.63, 3.8) is 0 Å². The van der Waals surface area contributed by atoms with E-state index in [2.05, 4.69) is 5.32 Å². The highest BCUT2D eigenvalue weighted by molar-refractivity contribution is 6.06. The molecule has 1 saturated carbocycles. The number of amides is 1. The van der Waals surface area contributed by atoms with Crippen molar-refractivity contribution in [3.05, 3.63) is 82.4 Å². The maximum absolute atomic E-state index is 13.1. The Hall–Kier alpha value is -3.51. The summed E-state index contributed by atoms with van der Waals surface area (Å²) in [5, 5.41) is 3.04. The van der Waals surface area contributed by atoms with E-state index < -0.39 is 0 Å². The summed E-state index contributed by atoms with van der Waals surface area (Å²) in [7, 11) is 5.00. The van der Waals surface area contributed by atoms with Crippen LogP contribution in [0.2, 0.25) is 0 Å². The van der Waals surface area contributed by atoms with E-state index in [4.69, 9.17) is 18.9 Å². The maximum Gasteiger partial charge on any atom is 0.259 e. The Morgan fingerprint density at radius 2 is 1.61 bits per heavy atom. The number of hydrogen-bond donors (Lipinski definition) is 1. The molecule has 1 N–H and O–H groups in total. The summed E-state index contributed by atoms with van der Waals surface area (Å²) in [4.78, 5) is 13.1. The van der Waals surface area contributed by atoms with Crippen LogP contribution in [0.25, 0.3) is 0 Å². The van der Waals surface area contributed by atoms with Gasteiger partial charge in [-0.15, -0.1) is 0 Å². The predicted octanol–water partition coefficient (Wildman–Crippen LogP) is 6.42. The molecule has 5 rings (SSSR count). The van der Waals surface area contributed by atoms with Gasteiger partial charge in [-0.25, -0.2) is 0 Å². The SMILES string of the molecule is COc1ccc(OC)c2c1[C@H](c1cccc(NC(=O)c3cccc(C)c3OC)c1)O[C@H]1CCCC[C@@H]21. The first-order chi connectivity index (χ1) is 17.5. The minimum atomic E-state index is -0.324. The molecule has 3 atom stereocenters. The van der Waals surface area contributed by atoms with Gasteiger partial charge in [0.15, 0.2) is 0 Å². The molecule has 1 aliphatic carbocycles. The van der Waals surface area contributed by atoms with Gasteiger partial charge in [-0.05, 0) is 61.2 Å². The smallest absolute Gasteiger partial charge is 0.259 e. The molecule has 0 bridgehead atoms. The average Bonchev–Trinajstić information content (AvgIpc) is 2.91. The van der Waals surface area contributed by atoms with E-state index in [1.54, 1.807) is 27.4 Å². The van der Waals surface area contributed by atoms with Crippen LogP contribution < -0.4 is 19.5 Å². The van der Waals surface area contributed by atoms with Crippen LogP contribution in [0.5, 0.6) is 17.2 Å². The lowest BCUT2D eigenvalue weighted by Crippen LogP contribution is -2.34. The van der Waals surface area contributed by atoms with Crippen molar-refractivity contribution in [2.75, 3.05) is 26.6 Å². The molecule has 1 fully saturated rings. The normalized spacial score (nSPS) is 20.6. The van der Waals surface area contributed by atoms with Crippen molar-refractivity contribution in [1.82, 2.24) is 0 Å². The van der Waals surface area contributed by atoms with Crippen LogP contribution >= 0.6 is 0 Å². The molecule has 0 aromatic heterocycles. The van der Waals surface area contributed by atoms with Crippen LogP contribution in [0.15, 0.2) is 54.6 Å². The Kier molecular flexibility index (Phi) is 6.88. The fourth-order valence-corrected chi connectivity index (χ4v) is 5.76. The molecule has 188 valence electrons. The number of anilines is 1. The molecule has 1 heterocycles. The van der Waals surface area contributed by atoms with Gasteiger partial charge < -0.3 is 24.3 Å². The number of fused-ring (bicyclic) bond motifs is 3. The zero-order valence-electron chi connectivity index (χ0n) is 21.3. The Morgan fingerprint density at radius 3 is 2.36 bits per heavy atom. The summed E-state index contributed by atoms with van der Waals surface area (Å²) < 4.78 is 23.9. The van der Waals surface area contributed by atoms with Gasteiger partial charge in [-0.2, -0.15) is 0 Å². The van der Waals surface area contributed by atoms with Gasteiger partial charge in [0.2, 0.25) is 0 Å². The van der Waals surface area contributed by atoms with Crippen molar-refractivity contribution < 1.29 is 23.7 Å².